The van der Waals surface area contributed by atoms with E-state index in [1.165, 1.54) is 7.11 Å². The number of sulfone groups is 1. The number of methoxy groups -OCH3 is 1. The summed E-state index contributed by atoms with van der Waals surface area (Å²) in [7, 11) is -1.48. The van der Waals surface area contributed by atoms with Crippen LogP contribution in [-0.4, -0.2) is 46.2 Å². The Balaban J connectivity index is 3.89. The van der Waals surface area contributed by atoms with E-state index in [1.807, 2.05) is 0 Å². The van der Waals surface area contributed by atoms with Crippen molar-refractivity contribution >= 4 is 9.84 Å². The summed E-state index contributed by atoms with van der Waals surface area (Å²) >= 11 is 0. The second-order valence-corrected chi connectivity index (χ2v) is 5.91. The van der Waals surface area contributed by atoms with Crippen LogP contribution >= 0.6 is 0 Å². The topological polar surface area (TPSA) is 55.4 Å². The summed E-state index contributed by atoms with van der Waals surface area (Å²) in [5.41, 5.74) is 0. The first kappa shape index (κ1) is 13.9. The van der Waals surface area contributed by atoms with Crippen molar-refractivity contribution in [2.24, 2.45) is 0 Å². The van der Waals surface area contributed by atoms with Crippen molar-refractivity contribution in [2.45, 2.75) is 25.5 Å². The van der Waals surface area contributed by atoms with Gasteiger partial charge in [0.05, 0.1) is 17.6 Å². The highest BCUT2D eigenvalue weighted by Gasteiger charge is 2.19. The maximum Gasteiger partial charge on any atom is 0.156 e. The van der Waals surface area contributed by atoms with Crippen LogP contribution < -0.4 is 5.32 Å². The molecule has 5 heteroatoms. The molecule has 0 bridgehead atoms. The maximum absolute atomic E-state index is 11.6. The molecule has 0 amide bonds. The van der Waals surface area contributed by atoms with Gasteiger partial charge in [-0.25, -0.2) is 8.42 Å². The van der Waals surface area contributed by atoms with Crippen LogP contribution in [0, 0.1) is 0 Å². The maximum atomic E-state index is 11.6. The molecule has 4 nitrogen and oxygen atoms in total. The van der Waals surface area contributed by atoms with E-state index in [0.29, 0.717) is 6.54 Å². The summed E-state index contributed by atoms with van der Waals surface area (Å²) in [6.07, 6.45) is 1.02. The molecule has 14 heavy (non-hydrogen) atoms. The van der Waals surface area contributed by atoms with Crippen molar-refractivity contribution in [3.05, 3.63) is 0 Å². The largest absolute Gasteiger partial charge is 0.384 e. The fraction of sp³-hybridized carbons (Fsp3) is 1.00. The van der Waals surface area contributed by atoms with Gasteiger partial charge in [0, 0.05) is 13.7 Å². The van der Waals surface area contributed by atoms with Crippen LogP contribution in [0.1, 0.15) is 20.3 Å². The zero-order chi connectivity index (χ0) is 11.0. The van der Waals surface area contributed by atoms with Crippen LogP contribution in [0.25, 0.3) is 0 Å². The van der Waals surface area contributed by atoms with Crippen molar-refractivity contribution in [3.8, 4) is 0 Å². The molecule has 0 aliphatic carbocycles. The molecule has 0 saturated heterocycles. The fourth-order valence-electron chi connectivity index (χ4n) is 1.01. The molecular weight excluding hydrogens is 202 g/mol. The van der Waals surface area contributed by atoms with Crippen LogP contribution in [0.2, 0.25) is 0 Å². The van der Waals surface area contributed by atoms with E-state index in [2.05, 4.69) is 12.2 Å². The number of hydrogen-bond acceptors (Lipinski definition) is 4. The minimum Gasteiger partial charge on any atom is -0.384 e. The van der Waals surface area contributed by atoms with Crippen LogP contribution in [0.4, 0.5) is 0 Å². The zero-order valence-corrected chi connectivity index (χ0v) is 10.1. The van der Waals surface area contributed by atoms with E-state index >= 15 is 0 Å². The second-order valence-electron chi connectivity index (χ2n) is 3.37. The van der Waals surface area contributed by atoms with Crippen molar-refractivity contribution in [1.29, 1.82) is 0 Å². The first-order chi connectivity index (χ1) is 6.54. The molecule has 0 saturated carbocycles. The number of rotatable bonds is 8. The van der Waals surface area contributed by atoms with Gasteiger partial charge in [-0.15, -0.1) is 0 Å². The first-order valence-corrected chi connectivity index (χ1v) is 6.67. The monoisotopic (exact) mass is 223 g/mol. The van der Waals surface area contributed by atoms with Gasteiger partial charge in [-0.05, 0) is 19.9 Å². The molecule has 0 aromatic carbocycles. The first-order valence-electron chi connectivity index (χ1n) is 4.95. The van der Waals surface area contributed by atoms with E-state index < -0.39 is 9.84 Å². The van der Waals surface area contributed by atoms with Gasteiger partial charge in [0.2, 0.25) is 0 Å². The van der Waals surface area contributed by atoms with Crippen molar-refractivity contribution < 1.29 is 13.2 Å². The molecule has 0 spiro atoms. The van der Waals surface area contributed by atoms with Gasteiger partial charge in [-0.2, -0.15) is 0 Å². The highest BCUT2D eigenvalue weighted by molar-refractivity contribution is 7.92. The third-order valence-electron chi connectivity index (χ3n) is 2.04. The molecule has 1 atom stereocenters. The molecule has 0 rings (SSSR count). The third kappa shape index (κ3) is 5.57. The Labute approximate surface area is 86.9 Å². The van der Waals surface area contributed by atoms with Gasteiger partial charge in [0.25, 0.3) is 0 Å². The Bertz CT molecular complexity index is 226. The normalized spacial score (nSPS) is 14.2. The lowest BCUT2D eigenvalue weighted by Gasteiger charge is -2.12. The molecule has 0 aromatic rings. The van der Waals surface area contributed by atoms with Crippen molar-refractivity contribution in [1.82, 2.24) is 5.32 Å². The predicted octanol–water partition coefficient (Wildman–Crippen LogP) is 0.436. The van der Waals surface area contributed by atoms with E-state index in [4.69, 9.17) is 4.74 Å². The van der Waals surface area contributed by atoms with E-state index in [9.17, 15) is 8.42 Å². The average molecular weight is 223 g/mol. The highest BCUT2D eigenvalue weighted by Crippen LogP contribution is 2.00. The Morgan fingerprint density at radius 2 is 2.07 bits per heavy atom. The quantitative estimate of drug-likeness (QED) is 0.607. The Morgan fingerprint density at radius 3 is 2.57 bits per heavy atom. The molecule has 1 N–H and O–H groups in total. The highest BCUT2D eigenvalue weighted by atomic mass is 32.2. The lowest BCUT2D eigenvalue weighted by Crippen LogP contribution is -2.33. The minimum absolute atomic E-state index is 0.110. The van der Waals surface area contributed by atoms with Gasteiger partial charge in [-0.3, -0.25) is 0 Å². The SMILES string of the molecule is CCCNCC(C)S(=O)(=O)CCOC. The molecule has 86 valence electrons. The molecular formula is C9H21NO3S. The van der Waals surface area contributed by atoms with Crippen molar-refractivity contribution in [3.63, 3.8) is 0 Å². The predicted molar refractivity (Wildman–Crippen MR) is 58.3 cm³/mol. The van der Waals surface area contributed by atoms with E-state index in [0.717, 1.165) is 13.0 Å². The lowest BCUT2D eigenvalue weighted by molar-refractivity contribution is 0.217. The van der Waals surface area contributed by atoms with Gasteiger partial charge in [0.15, 0.2) is 9.84 Å². The van der Waals surface area contributed by atoms with E-state index in [1.54, 1.807) is 6.92 Å². The lowest BCUT2D eigenvalue weighted by atomic mass is 10.4. The molecule has 0 aromatic heterocycles. The summed E-state index contributed by atoms with van der Waals surface area (Å²) < 4.78 is 27.9. The van der Waals surface area contributed by atoms with Gasteiger partial charge in [-0.1, -0.05) is 6.92 Å². The fourth-order valence-corrected chi connectivity index (χ4v) is 2.18. The Kier molecular flexibility index (Phi) is 7.13. The van der Waals surface area contributed by atoms with Crippen LogP contribution in [0.3, 0.4) is 0 Å². The minimum atomic E-state index is -2.99. The Hall–Kier alpha value is -0.130. The number of ether oxygens (including phenoxy) is 1. The molecule has 1 unspecified atom stereocenters. The summed E-state index contributed by atoms with van der Waals surface area (Å²) in [5.74, 6) is 0.110. The molecule has 0 radical (unpaired) electrons. The summed E-state index contributed by atoms with van der Waals surface area (Å²) in [6, 6.07) is 0. The Morgan fingerprint density at radius 1 is 1.43 bits per heavy atom. The van der Waals surface area contributed by atoms with Crippen molar-refractivity contribution in [2.75, 3.05) is 32.6 Å². The molecule has 0 heterocycles. The third-order valence-corrected chi connectivity index (χ3v) is 4.17. The van der Waals surface area contributed by atoms with Crippen LogP contribution in [0.15, 0.2) is 0 Å². The van der Waals surface area contributed by atoms with Gasteiger partial charge in [0.1, 0.15) is 0 Å². The number of nitrogens with one attached hydrogen (secondary N) is 1. The molecule has 0 fully saturated rings. The summed E-state index contributed by atoms with van der Waals surface area (Å²) in [6.45, 7) is 5.45. The van der Waals surface area contributed by atoms with Gasteiger partial charge < -0.3 is 10.1 Å². The van der Waals surface area contributed by atoms with Crippen LogP contribution in [0.5, 0.6) is 0 Å². The number of hydrogen-bond donors (Lipinski definition) is 1. The molecule has 0 aliphatic heterocycles. The van der Waals surface area contributed by atoms with Gasteiger partial charge >= 0.3 is 0 Å². The van der Waals surface area contributed by atoms with E-state index in [-0.39, 0.29) is 17.6 Å². The summed E-state index contributed by atoms with van der Waals surface area (Å²) in [4.78, 5) is 0. The second kappa shape index (κ2) is 7.20. The average Bonchev–Trinajstić information content (AvgIpc) is 2.15. The smallest absolute Gasteiger partial charge is 0.156 e. The standard InChI is InChI=1S/C9H21NO3S/c1-4-5-10-8-9(2)14(11,12)7-6-13-3/h9-10H,4-8H2,1-3H3. The zero-order valence-electron chi connectivity index (χ0n) is 9.25. The summed E-state index contributed by atoms with van der Waals surface area (Å²) in [5, 5.41) is 2.77. The van der Waals surface area contributed by atoms with Crippen LogP contribution in [-0.2, 0) is 14.6 Å². The molecule has 0 aliphatic rings.